The molecule has 0 radical (unpaired) electrons. The molecule has 10 heteroatoms. The lowest BCUT2D eigenvalue weighted by Crippen LogP contribution is -2.48. The molecule has 38 heavy (non-hydrogen) atoms. The van der Waals surface area contributed by atoms with Crippen LogP contribution in [0.25, 0.3) is 22.0 Å². The van der Waals surface area contributed by atoms with E-state index in [1.165, 1.54) is 0 Å². The summed E-state index contributed by atoms with van der Waals surface area (Å²) in [5, 5.41) is 20.1. The predicted molar refractivity (Wildman–Crippen MR) is 145 cm³/mol. The summed E-state index contributed by atoms with van der Waals surface area (Å²) < 4.78 is 3.52. The maximum absolute atomic E-state index is 13.0. The van der Waals surface area contributed by atoms with Crippen LogP contribution in [0.5, 0.6) is 0 Å². The average molecular weight is 517 g/mol. The van der Waals surface area contributed by atoms with Crippen molar-refractivity contribution in [2.75, 3.05) is 37.7 Å². The Balaban J connectivity index is 1.44. The molecule has 2 N–H and O–H groups in total. The molecule has 1 atom stereocenters. The quantitative estimate of drug-likeness (QED) is 0.402. The van der Waals surface area contributed by atoms with Crippen LogP contribution in [0.1, 0.15) is 29.7 Å². The number of aliphatic hydroxyl groups is 2. The lowest BCUT2D eigenvalue weighted by atomic mass is 10.0. The van der Waals surface area contributed by atoms with E-state index < -0.39 is 6.10 Å². The first-order valence-electron chi connectivity index (χ1n) is 12.7. The fourth-order valence-corrected chi connectivity index (χ4v) is 4.93. The van der Waals surface area contributed by atoms with Gasteiger partial charge in [-0.15, -0.1) is 0 Å². The summed E-state index contributed by atoms with van der Waals surface area (Å²) >= 11 is 0. The summed E-state index contributed by atoms with van der Waals surface area (Å²) in [6, 6.07) is 11.3. The van der Waals surface area contributed by atoms with Gasteiger partial charge in [-0.25, -0.2) is 9.97 Å². The highest BCUT2D eigenvalue weighted by Gasteiger charge is 2.21. The fraction of sp³-hybridized carbons (Fsp3) is 0.357. The van der Waals surface area contributed by atoms with E-state index in [-0.39, 0.29) is 18.1 Å². The standard InChI is InChI=1S/C28H32N6O4/c1-18-4-5-21(26(37)17-35)12-22(18)16-34-25-13-20(6-7-24(25)27(38)31(34)3)23-14-29-28(30-15-23)33-10-8-32(9-11-33)19(2)36/h4-7,12-15,26,35,37H,8-11,16-17H2,1-3H3. The molecule has 0 spiro atoms. The van der Waals surface area contributed by atoms with Gasteiger partial charge in [0.1, 0.15) is 6.10 Å². The molecule has 1 fully saturated rings. The lowest BCUT2D eigenvalue weighted by molar-refractivity contribution is -0.129. The third-order valence-corrected chi connectivity index (χ3v) is 7.39. The van der Waals surface area contributed by atoms with E-state index in [0.717, 1.165) is 27.8 Å². The van der Waals surface area contributed by atoms with E-state index in [1.807, 2.05) is 46.8 Å². The van der Waals surface area contributed by atoms with E-state index in [9.17, 15) is 19.8 Å². The molecule has 1 saturated heterocycles. The van der Waals surface area contributed by atoms with Gasteiger partial charge < -0.3 is 20.0 Å². The molecule has 1 aliphatic rings. The van der Waals surface area contributed by atoms with Gasteiger partial charge in [0.15, 0.2) is 0 Å². The van der Waals surface area contributed by atoms with Crippen molar-refractivity contribution in [1.29, 1.82) is 0 Å². The van der Waals surface area contributed by atoms with E-state index >= 15 is 0 Å². The van der Waals surface area contributed by atoms with Gasteiger partial charge in [-0.05, 0) is 41.3 Å². The molecule has 2 aromatic heterocycles. The van der Waals surface area contributed by atoms with E-state index in [1.54, 1.807) is 37.1 Å². The van der Waals surface area contributed by atoms with Gasteiger partial charge in [0, 0.05) is 58.1 Å². The van der Waals surface area contributed by atoms with Gasteiger partial charge in [-0.3, -0.25) is 19.0 Å². The Bertz CT molecular complexity index is 1530. The maximum Gasteiger partial charge on any atom is 0.274 e. The molecular formula is C28H32N6O4. The van der Waals surface area contributed by atoms with Crippen LogP contribution in [-0.4, -0.2) is 73.1 Å². The highest BCUT2D eigenvalue weighted by Crippen LogP contribution is 2.25. The van der Waals surface area contributed by atoms with Gasteiger partial charge in [0.2, 0.25) is 11.9 Å². The maximum atomic E-state index is 13.0. The molecule has 0 saturated carbocycles. The average Bonchev–Trinajstić information content (AvgIpc) is 3.18. The number of amides is 1. The number of piperazine rings is 1. The zero-order chi connectivity index (χ0) is 27.0. The van der Waals surface area contributed by atoms with Crippen molar-refractivity contribution in [3.05, 3.63) is 75.8 Å². The Morgan fingerprint density at radius 2 is 1.74 bits per heavy atom. The number of aryl methyl sites for hydroxylation is 1. The molecule has 1 aliphatic heterocycles. The van der Waals surface area contributed by atoms with Crippen molar-refractivity contribution in [3.8, 4) is 11.1 Å². The Morgan fingerprint density at radius 1 is 1.03 bits per heavy atom. The predicted octanol–water partition coefficient (Wildman–Crippen LogP) is 1.85. The number of aromatic nitrogens is 4. The molecule has 1 amide bonds. The van der Waals surface area contributed by atoms with Gasteiger partial charge in [0.05, 0.1) is 24.1 Å². The minimum absolute atomic E-state index is 0.0845. The van der Waals surface area contributed by atoms with Crippen LogP contribution in [0.2, 0.25) is 0 Å². The highest BCUT2D eigenvalue weighted by atomic mass is 16.3. The van der Waals surface area contributed by atoms with Gasteiger partial charge in [0.25, 0.3) is 5.56 Å². The second-order valence-electron chi connectivity index (χ2n) is 9.77. The van der Waals surface area contributed by atoms with Crippen LogP contribution in [0.4, 0.5) is 5.95 Å². The van der Waals surface area contributed by atoms with Crippen molar-refractivity contribution in [2.24, 2.45) is 7.05 Å². The largest absolute Gasteiger partial charge is 0.393 e. The first-order valence-corrected chi connectivity index (χ1v) is 12.7. The molecule has 0 aliphatic carbocycles. The fourth-order valence-electron chi connectivity index (χ4n) is 4.93. The summed E-state index contributed by atoms with van der Waals surface area (Å²) in [5.41, 5.74) is 5.04. The van der Waals surface area contributed by atoms with Crippen molar-refractivity contribution < 1.29 is 15.0 Å². The van der Waals surface area contributed by atoms with Crippen molar-refractivity contribution in [2.45, 2.75) is 26.5 Å². The Morgan fingerprint density at radius 3 is 2.39 bits per heavy atom. The Hall–Kier alpha value is -4.02. The normalized spacial score (nSPS) is 14.8. The summed E-state index contributed by atoms with van der Waals surface area (Å²) in [6.45, 7) is 6.34. The van der Waals surface area contributed by atoms with Crippen LogP contribution in [0.15, 0.2) is 53.6 Å². The number of carbonyl (C=O) groups excluding carboxylic acids is 1. The number of rotatable bonds is 6. The molecular weight excluding hydrogens is 484 g/mol. The van der Waals surface area contributed by atoms with Crippen LogP contribution >= 0.6 is 0 Å². The van der Waals surface area contributed by atoms with Crippen molar-refractivity contribution in [3.63, 3.8) is 0 Å². The van der Waals surface area contributed by atoms with E-state index in [4.69, 9.17) is 0 Å². The number of carbonyl (C=O) groups is 1. The number of nitrogens with zero attached hydrogens (tertiary/aromatic N) is 6. The molecule has 1 unspecified atom stereocenters. The summed E-state index contributed by atoms with van der Waals surface area (Å²) in [4.78, 5) is 37.6. The van der Waals surface area contributed by atoms with Crippen molar-refractivity contribution in [1.82, 2.24) is 24.2 Å². The highest BCUT2D eigenvalue weighted by molar-refractivity contribution is 5.84. The van der Waals surface area contributed by atoms with Crippen molar-refractivity contribution >= 4 is 22.8 Å². The number of fused-ring (bicyclic) bond motifs is 1. The molecule has 198 valence electrons. The Labute approximate surface area is 220 Å². The zero-order valence-corrected chi connectivity index (χ0v) is 21.8. The minimum Gasteiger partial charge on any atom is -0.393 e. The second kappa shape index (κ2) is 10.4. The third-order valence-electron chi connectivity index (χ3n) is 7.39. The topological polar surface area (TPSA) is 117 Å². The number of hydrogen-bond acceptors (Lipinski definition) is 7. The van der Waals surface area contributed by atoms with Gasteiger partial charge in [-0.1, -0.05) is 24.3 Å². The number of anilines is 1. The van der Waals surface area contributed by atoms with Gasteiger partial charge in [-0.2, -0.15) is 0 Å². The number of benzene rings is 2. The van der Waals surface area contributed by atoms with Crippen LogP contribution in [0, 0.1) is 6.92 Å². The second-order valence-corrected chi connectivity index (χ2v) is 9.77. The zero-order valence-electron chi connectivity index (χ0n) is 21.8. The number of aliphatic hydroxyl groups excluding tert-OH is 2. The smallest absolute Gasteiger partial charge is 0.274 e. The summed E-state index contributed by atoms with van der Waals surface area (Å²) in [5.74, 6) is 0.719. The Kier molecular flexibility index (Phi) is 7.00. The van der Waals surface area contributed by atoms with Gasteiger partial charge >= 0.3 is 0 Å². The monoisotopic (exact) mass is 516 g/mol. The van der Waals surface area contributed by atoms with Crippen LogP contribution in [0.3, 0.4) is 0 Å². The lowest BCUT2D eigenvalue weighted by Gasteiger charge is -2.34. The number of hydrogen-bond donors (Lipinski definition) is 2. The first kappa shape index (κ1) is 25.6. The van der Waals surface area contributed by atoms with Crippen LogP contribution in [-0.2, 0) is 18.4 Å². The molecule has 5 rings (SSSR count). The minimum atomic E-state index is -0.952. The summed E-state index contributed by atoms with van der Waals surface area (Å²) in [6.07, 6.45) is 2.62. The summed E-state index contributed by atoms with van der Waals surface area (Å²) in [7, 11) is 1.74. The molecule has 10 nitrogen and oxygen atoms in total. The first-order chi connectivity index (χ1) is 18.3. The third kappa shape index (κ3) is 4.80. The molecule has 4 aromatic rings. The molecule has 3 heterocycles. The van der Waals surface area contributed by atoms with E-state index in [2.05, 4.69) is 14.9 Å². The molecule has 0 bridgehead atoms. The van der Waals surface area contributed by atoms with Crippen LogP contribution < -0.4 is 10.5 Å². The molecule has 2 aromatic carbocycles. The SMILES string of the molecule is CC(=O)N1CCN(c2ncc(-c3ccc4c(=O)n(C)n(Cc5cc(C(O)CO)ccc5C)c4c3)cn2)CC1. The van der Waals surface area contributed by atoms with E-state index in [0.29, 0.717) is 49.6 Å².